The Morgan fingerprint density at radius 2 is 1.39 bits per heavy atom. The summed E-state index contributed by atoms with van der Waals surface area (Å²) in [6.45, 7) is 0.695. The van der Waals surface area contributed by atoms with Crippen molar-refractivity contribution in [1.29, 1.82) is 0 Å². The first-order valence-electron chi connectivity index (χ1n) is 10.5. The van der Waals surface area contributed by atoms with E-state index in [1.54, 1.807) is 29.2 Å². The van der Waals surface area contributed by atoms with Gasteiger partial charge in [-0.05, 0) is 29.7 Å². The summed E-state index contributed by atoms with van der Waals surface area (Å²) in [7, 11) is 0. The number of hydrogen-bond donors (Lipinski definition) is 0. The molecule has 3 aromatic carbocycles. The predicted octanol–water partition coefficient (Wildman–Crippen LogP) is 4.87. The summed E-state index contributed by atoms with van der Waals surface area (Å²) in [5.41, 5.74) is 2.52. The molecule has 0 unspecified atom stereocenters. The molecule has 3 aromatic rings. The van der Waals surface area contributed by atoms with E-state index in [0.29, 0.717) is 24.9 Å². The minimum absolute atomic E-state index is 0.211. The van der Waals surface area contributed by atoms with E-state index in [2.05, 4.69) is 0 Å². The zero-order valence-corrected chi connectivity index (χ0v) is 17.2. The topological polar surface area (TPSA) is 55.8 Å². The van der Waals surface area contributed by atoms with Crippen LogP contribution < -0.4 is 0 Å². The Morgan fingerprint density at radius 3 is 2.03 bits per heavy atom. The maximum absolute atomic E-state index is 12.9. The summed E-state index contributed by atoms with van der Waals surface area (Å²) in [6.07, 6.45) is 0.394. The number of nitrogens with zero attached hydrogens (tertiary/aromatic N) is 1. The highest BCUT2D eigenvalue weighted by molar-refractivity contribution is 5.89. The van der Waals surface area contributed by atoms with E-state index in [-0.39, 0.29) is 24.7 Å². The average Bonchev–Trinajstić information content (AvgIpc) is 3.21. The van der Waals surface area contributed by atoms with Crippen molar-refractivity contribution in [2.24, 2.45) is 0 Å². The van der Waals surface area contributed by atoms with Crippen molar-refractivity contribution in [3.63, 3.8) is 0 Å². The van der Waals surface area contributed by atoms with Crippen LogP contribution in [0.25, 0.3) is 0 Å². The van der Waals surface area contributed by atoms with Crippen LogP contribution in [0.5, 0.6) is 0 Å². The quantitative estimate of drug-likeness (QED) is 0.539. The van der Waals surface area contributed by atoms with Gasteiger partial charge in [0.2, 0.25) is 0 Å². The van der Waals surface area contributed by atoms with Crippen LogP contribution in [0.2, 0.25) is 0 Å². The van der Waals surface area contributed by atoms with Gasteiger partial charge in [0.15, 0.2) is 0 Å². The molecular weight excluding hydrogens is 390 g/mol. The van der Waals surface area contributed by atoms with Crippen molar-refractivity contribution in [2.75, 3.05) is 6.54 Å². The van der Waals surface area contributed by atoms with Crippen LogP contribution in [0.3, 0.4) is 0 Å². The van der Waals surface area contributed by atoms with Gasteiger partial charge in [0.05, 0.1) is 11.6 Å². The second-order valence-electron chi connectivity index (χ2n) is 7.59. The second kappa shape index (κ2) is 9.94. The lowest BCUT2D eigenvalue weighted by Crippen LogP contribution is -2.42. The normalized spacial score (nSPS) is 17.9. The highest BCUT2D eigenvalue weighted by Gasteiger charge is 2.40. The Balaban J connectivity index is 1.47. The second-order valence-corrected chi connectivity index (χ2v) is 7.59. The lowest BCUT2D eigenvalue weighted by atomic mass is 10.0. The average molecular weight is 415 g/mol. The Hall–Kier alpha value is -3.60. The standard InChI is InChI=1S/C26H25NO4/c28-25(22-14-8-3-9-15-22)31-24-16-17-27(23(24)18-20-10-4-1-5-11-20)26(29)30-19-21-12-6-2-7-13-21/h1-15,23-24H,16-19H2/t23-,24+/m0/s1. The molecule has 0 saturated carbocycles. The van der Waals surface area contributed by atoms with E-state index in [4.69, 9.17) is 9.47 Å². The van der Waals surface area contributed by atoms with Crippen LogP contribution in [0.15, 0.2) is 91.0 Å². The molecule has 0 aliphatic carbocycles. The fourth-order valence-electron chi connectivity index (χ4n) is 3.87. The number of carbonyl (C=O) groups is 2. The van der Waals surface area contributed by atoms with Gasteiger partial charge in [0.25, 0.3) is 0 Å². The molecule has 1 aliphatic heterocycles. The van der Waals surface area contributed by atoms with Crippen molar-refractivity contribution < 1.29 is 19.1 Å². The summed E-state index contributed by atoms with van der Waals surface area (Å²) < 4.78 is 11.4. The highest BCUT2D eigenvalue weighted by atomic mass is 16.6. The Kier molecular flexibility index (Phi) is 6.62. The molecule has 0 bridgehead atoms. The molecule has 2 atom stereocenters. The summed E-state index contributed by atoms with van der Waals surface area (Å²) in [5.74, 6) is -0.372. The van der Waals surface area contributed by atoms with Gasteiger partial charge < -0.3 is 14.4 Å². The number of amides is 1. The number of ether oxygens (including phenoxy) is 2. The third-order valence-electron chi connectivity index (χ3n) is 5.48. The lowest BCUT2D eigenvalue weighted by molar-refractivity contribution is 0.0184. The monoisotopic (exact) mass is 415 g/mol. The smallest absolute Gasteiger partial charge is 0.410 e. The molecule has 0 aromatic heterocycles. The first-order chi connectivity index (χ1) is 15.2. The van der Waals surface area contributed by atoms with Crippen LogP contribution in [-0.4, -0.2) is 35.7 Å². The molecule has 0 radical (unpaired) electrons. The number of esters is 1. The first-order valence-corrected chi connectivity index (χ1v) is 10.5. The molecule has 5 heteroatoms. The van der Waals surface area contributed by atoms with Crippen molar-refractivity contribution in [2.45, 2.75) is 31.6 Å². The van der Waals surface area contributed by atoms with E-state index in [0.717, 1.165) is 11.1 Å². The summed E-state index contributed by atoms with van der Waals surface area (Å²) in [6, 6.07) is 28.2. The van der Waals surface area contributed by atoms with Crippen molar-refractivity contribution >= 4 is 12.1 Å². The lowest BCUT2D eigenvalue weighted by Gasteiger charge is -2.27. The van der Waals surface area contributed by atoms with Crippen molar-refractivity contribution in [1.82, 2.24) is 4.90 Å². The maximum atomic E-state index is 12.9. The summed E-state index contributed by atoms with van der Waals surface area (Å²) in [5, 5.41) is 0. The van der Waals surface area contributed by atoms with Crippen LogP contribution in [0.4, 0.5) is 4.79 Å². The van der Waals surface area contributed by atoms with E-state index in [9.17, 15) is 9.59 Å². The van der Waals surface area contributed by atoms with Gasteiger partial charge in [-0.15, -0.1) is 0 Å². The van der Waals surface area contributed by atoms with Gasteiger partial charge in [0, 0.05) is 13.0 Å². The van der Waals surface area contributed by atoms with Crippen LogP contribution in [0, 0.1) is 0 Å². The molecule has 1 aliphatic rings. The van der Waals surface area contributed by atoms with E-state index in [1.807, 2.05) is 66.7 Å². The molecule has 4 rings (SSSR count). The van der Waals surface area contributed by atoms with Gasteiger partial charge >= 0.3 is 12.1 Å². The number of benzene rings is 3. The molecule has 158 valence electrons. The summed E-state index contributed by atoms with van der Waals surface area (Å²) in [4.78, 5) is 27.2. The van der Waals surface area contributed by atoms with E-state index >= 15 is 0 Å². The maximum Gasteiger partial charge on any atom is 0.410 e. The molecule has 0 N–H and O–H groups in total. The first kappa shape index (κ1) is 20.7. The predicted molar refractivity (Wildman–Crippen MR) is 118 cm³/mol. The molecule has 5 nitrogen and oxygen atoms in total. The van der Waals surface area contributed by atoms with Crippen LogP contribution in [-0.2, 0) is 22.5 Å². The number of rotatable bonds is 6. The number of hydrogen-bond acceptors (Lipinski definition) is 4. The van der Waals surface area contributed by atoms with E-state index in [1.165, 1.54) is 0 Å². The van der Waals surface area contributed by atoms with Crippen molar-refractivity contribution in [3.05, 3.63) is 108 Å². The third kappa shape index (κ3) is 5.31. The van der Waals surface area contributed by atoms with Gasteiger partial charge in [-0.2, -0.15) is 0 Å². The van der Waals surface area contributed by atoms with Gasteiger partial charge in [-0.1, -0.05) is 78.9 Å². The molecule has 1 saturated heterocycles. The van der Waals surface area contributed by atoms with Gasteiger partial charge in [0.1, 0.15) is 12.7 Å². The van der Waals surface area contributed by atoms with Crippen molar-refractivity contribution in [3.8, 4) is 0 Å². The molecule has 0 spiro atoms. The Morgan fingerprint density at radius 1 is 0.806 bits per heavy atom. The number of carbonyl (C=O) groups excluding carboxylic acids is 2. The SMILES string of the molecule is O=C(O[C@@H]1CCN(C(=O)OCc2ccccc2)[C@H]1Cc1ccccc1)c1ccccc1. The van der Waals surface area contributed by atoms with Crippen LogP contribution >= 0.6 is 0 Å². The number of likely N-dealkylation sites (tertiary alicyclic amines) is 1. The third-order valence-corrected chi connectivity index (χ3v) is 5.48. The van der Waals surface area contributed by atoms with Gasteiger partial charge in [-0.3, -0.25) is 0 Å². The molecule has 1 heterocycles. The zero-order chi connectivity index (χ0) is 21.5. The van der Waals surface area contributed by atoms with Gasteiger partial charge in [-0.25, -0.2) is 9.59 Å². The highest BCUT2D eigenvalue weighted by Crippen LogP contribution is 2.26. The van der Waals surface area contributed by atoms with E-state index < -0.39 is 6.10 Å². The fraction of sp³-hybridized carbons (Fsp3) is 0.231. The molecular formula is C26H25NO4. The fourth-order valence-corrected chi connectivity index (χ4v) is 3.87. The summed E-state index contributed by atoms with van der Waals surface area (Å²) >= 11 is 0. The minimum atomic E-state index is -0.391. The molecule has 1 amide bonds. The molecule has 1 fully saturated rings. The largest absolute Gasteiger partial charge is 0.456 e. The minimum Gasteiger partial charge on any atom is -0.456 e. The zero-order valence-electron chi connectivity index (χ0n) is 17.2. The Bertz CT molecular complexity index is 992. The Labute approximate surface area is 182 Å². The molecule has 31 heavy (non-hydrogen) atoms. The van der Waals surface area contributed by atoms with Crippen LogP contribution in [0.1, 0.15) is 27.9 Å².